The molecule has 2 aromatic carbocycles. The summed E-state index contributed by atoms with van der Waals surface area (Å²) < 4.78 is 14.5. The van der Waals surface area contributed by atoms with Crippen LogP contribution in [0.3, 0.4) is 0 Å². The van der Waals surface area contributed by atoms with Crippen molar-refractivity contribution < 1.29 is 9.18 Å². The van der Waals surface area contributed by atoms with Crippen LogP contribution in [0.1, 0.15) is 11.1 Å². The van der Waals surface area contributed by atoms with Crippen LogP contribution in [0.5, 0.6) is 0 Å². The number of rotatable bonds is 3. The minimum Gasteiger partial charge on any atom is -0.323 e. The summed E-state index contributed by atoms with van der Waals surface area (Å²) >= 11 is 3.31. The van der Waals surface area contributed by atoms with Gasteiger partial charge in [0, 0.05) is 4.47 Å². The molecular formula is C15H10BrFN2O. The molecule has 20 heavy (non-hydrogen) atoms. The molecule has 0 bridgehead atoms. The molecule has 0 aliphatic rings. The van der Waals surface area contributed by atoms with E-state index in [-0.39, 0.29) is 23.6 Å². The Labute approximate surface area is 124 Å². The molecular weight excluding hydrogens is 323 g/mol. The molecule has 0 atom stereocenters. The molecule has 0 saturated carbocycles. The zero-order valence-corrected chi connectivity index (χ0v) is 11.9. The zero-order valence-electron chi connectivity index (χ0n) is 10.4. The van der Waals surface area contributed by atoms with Crippen LogP contribution in [0.15, 0.2) is 46.9 Å². The van der Waals surface area contributed by atoms with Crippen LogP contribution in [-0.4, -0.2) is 5.91 Å². The van der Waals surface area contributed by atoms with Crippen LogP contribution >= 0.6 is 15.9 Å². The highest BCUT2D eigenvalue weighted by atomic mass is 79.9. The summed E-state index contributed by atoms with van der Waals surface area (Å²) in [4.78, 5) is 11.8. The average Bonchev–Trinajstić information content (AvgIpc) is 2.43. The normalized spacial score (nSPS) is 9.85. The number of benzene rings is 2. The van der Waals surface area contributed by atoms with E-state index in [1.165, 1.54) is 12.1 Å². The zero-order chi connectivity index (χ0) is 14.5. The Bertz CT molecular complexity index is 677. The molecule has 5 heteroatoms. The predicted molar refractivity (Wildman–Crippen MR) is 77.6 cm³/mol. The largest absolute Gasteiger partial charge is 0.323 e. The molecule has 0 fully saturated rings. The van der Waals surface area contributed by atoms with Crippen molar-refractivity contribution in [2.75, 3.05) is 5.32 Å². The molecule has 0 aliphatic carbocycles. The lowest BCUT2D eigenvalue weighted by Crippen LogP contribution is -2.15. The number of carbonyl (C=O) groups is 1. The summed E-state index contributed by atoms with van der Waals surface area (Å²) in [7, 11) is 0. The first-order valence-corrected chi connectivity index (χ1v) is 6.62. The van der Waals surface area contributed by atoms with Crippen molar-refractivity contribution in [3.63, 3.8) is 0 Å². The van der Waals surface area contributed by atoms with E-state index >= 15 is 0 Å². The second-order valence-electron chi connectivity index (χ2n) is 4.16. The van der Waals surface area contributed by atoms with Gasteiger partial charge in [0.1, 0.15) is 5.82 Å². The summed E-state index contributed by atoms with van der Waals surface area (Å²) in [5.41, 5.74) is 1.12. The highest BCUT2D eigenvalue weighted by Crippen LogP contribution is 2.16. The molecule has 2 aromatic rings. The topological polar surface area (TPSA) is 52.9 Å². The van der Waals surface area contributed by atoms with Crippen LogP contribution in [0.2, 0.25) is 0 Å². The molecule has 0 saturated heterocycles. The lowest BCUT2D eigenvalue weighted by atomic mass is 10.1. The van der Waals surface area contributed by atoms with E-state index in [9.17, 15) is 9.18 Å². The maximum absolute atomic E-state index is 13.6. The fraction of sp³-hybridized carbons (Fsp3) is 0.0667. The van der Waals surface area contributed by atoms with Crippen molar-refractivity contribution >= 4 is 27.5 Å². The number of hydrogen-bond donors (Lipinski definition) is 1. The number of carbonyl (C=O) groups excluding carboxylic acids is 1. The molecule has 1 amide bonds. The number of nitrogens with zero attached hydrogens (tertiary/aromatic N) is 1. The van der Waals surface area contributed by atoms with Crippen LogP contribution in [0.4, 0.5) is 10.1 Å². The first-order valence-electron chi connectivity index (χ1n) is 5.82. The van der Waals surface area contributed by atoms with Gasteiger partial charge in [0.2, 0.25) is 5.91 Å². The first kappa shape index (κ1) is 14.2. The summed E-state index contributed by atoms with van der Waals surface area (Å²) in [6.07, 6.45) is 0.159. The van der Waals surface area contributed by atoms with Gasteiger partial charge in [0.25, 0.3) is 0 Å². The van der Waals surface area contributed by atoms with E-state index in [2.05, 4.69) is 21.2 Å². The van der Waals surface area contributed by atoms with Gasteiger partial charge in [-0.25, -0.2) is 4.39 Å². The average molecular weight is 333 g/mol. The molecule has 0 radical (unpaired) electrons. The quantitative estimate of drug-likeness (QED) is 0.932. The van der Waals surface area contributed by atoms with E-state index in [0.717, 1.165) is 16.1 Å². The van der Waals surface area contributed by atoms with E-state index in [1.807, 2.05) is 30.3 Å². The van der Waals surface area contributed by atoms with Crippen LogP contribution in [0, 0.1) is 17.1 Å². The fourth-order valence-corrected chi connectivity index (χ4v) is 1.93. The Balaban J connectivity index is 2.05. The maximum Gasteiger partial charge on any atom is 0.228 e. The number of nitriles is 1. The Kier molecular flexibility index (Phi) is 4.49. The van der Waals surface area contributed by atoms with Gasteiger partial charge >= 0.3 is 0 Å². The number of hydrogen-bond acceptors (Lipinski definition) is 2. The molecule has 1 N–H and O–H groups in total. The maximum atomic E-state index is 13.6. The van der Waals surface area contributed by atoms with E-state index in [4.69, 9.17) is 5.26 Å². The third-order valence-corrected chi connectivity index (χ3v) is 3.18. The highest BCUT2D eigenvalue weighted by molar-refractivity contribution is 9.10. The van der Waals surface area contributed by atoms with Crippen molar-refractivity contribution in [1.29, 1.82) is 5.26 Å². The molecule has 3 nitrogen and oxygen atoms in total. The number of amides is 1. The lowest BCUT2D eigenvalue weighted by molar-refractivity contribution is -0.115. The third kappa shape index (κ3) is 3.65. The number of halogens is 2. The molecule has 0 unspecified atom stereocenters. The van der Waals surface area contributed by atoms with Crippen molar-refractivity contribution in [3.8, 4) is 6.07 Å². The standard InChI is InChI=1S/C15H10BrFN2O/c16-12-4-1-10(2-5-12)8-15(20)19-14-6-3-11(9-18)7-13(14)17/h1-7H,8H2,(H,19,20). The van der Waals surface area contributed by atoms with Crippen molar-refractivity contribution in [2.24, 2.45) is 0 Å². The van der Waals surface area contributed by atoms with E-state index in [1.54, 1.807) is 0 Å². The van der Waals surface area contributed by atoms with E-state index in [0.29, 0.717) is 0 Å². The molecule has 0 aromatic heterocycles. The van der Waals surface area contributed by atoms with Crippen LogP contribution in [-0.2, 0) is 11.2 Å². The van der Waals surface area contributed by atoms with Gasteiger partial charge in [-0.1, -0.05) is 28.1 Å². The molecule has 100 valence electrons. The highest BCUT2D eigenvalue weighted by Gasteiger charge is 2.08. The van der Waals surface area contributed by atoms with Gasteiger partial charge in [0.05, 0.1) is 23.7 Å². The van der Waals surface area contributed by atoms with Gasteiger partial charge in [0.15, 0.2) is 0 Å². The predicted octanol–water partition coefficient (Wildman–Crippen LogP) is 3.64. The Morgan fingerprint density at radius 2 is 1.95 bits per heavy atom. The Hall–Kier alpha value is -2.19. The van der Waals surface area contributed by atoms with Gasteiger partial charge < -0.3 is 5.32 Å². The fourth-order valence-electron chi connectivity index (χ4n) is 1.67. The molecule has 2 rings (SSSR count). The second-order valence-corrected chi connectivity index (χ2v) is 5.07. The van der Waals surface area contributed by atoms with Gasteiger partial charge in [-0.2, -0.15) is 5.26 Å². The molecule has 0 spiro atoms. The molecule has 0 aliphatic heterocycles. The monoisotopic (exact) mass is 332 g/mol. The van der Waals surface area contributed by atoms with Gasteiger partial charge in [-0.05, 0) is 35.9 Å². The SMILES string of the molecule is N#Cc1ccc(NC(=O)Cc2ccc(Br)cc2)c(F)c1. The minimum atomic E-state index is -0.617. The summed E-state index contributed by atoms with van der Waals surface area (Å²) in [5.74, 6) is -0.927. The number of anilines is 1. The third-order valence-electron chi connectivity index (χ3n) is 2.65. The van der Waals surface area contributed by atoms with Gasteiger partial charge in [-0.15, -0.1) is 0 Å². The van der Waals surface area contributed by atoms with Crippen molar-refractivity contribution in [1.82, 2.24) is 0 Å². The van der Waals surface area contributed by atoms with Crippen molar-refractivity contribution in [3.05, 3.63) is 63.9 Å². The van der Waals surface area contributed by atoms with Crippen LogP contribution < -0.4 is 5.32 Å². The second kappa shape index (κ2) is 6.31. The summed E-state index contributed by atoms with van der Waals surface area (Å²) in [6, 6.07) is 13.1. The van der Waals surface area contributed by atoms with Crippen LogP contribution in [0.25, 0.3) is 0 Å². The number of nitrogens with one attached hydrogen (secondary N) is 1. The summed E-state index contributed by atoms with van der Waals surface area (Å²) in [5, 5.41) is 11.1. The molecule has 0 heterocycles. The van der Waals surface area contributed by atoms with E-state index < -0.39 is 5.82 Å². The Morgan fingerprint density at radius 3 is 2.55 bits per heavy atom. The van der Waals surface area contributed by atoms with Crippen molar-refractivity contribution in [2.45, 2.75) is 6.42 Å². The minimum absolute atomic E-state index is 0.0751. The van der Waals surface area contributed by atoms with Gasteiger partial charge in [-0.3, -0.25) is 4.79 Å². The Morgan fingerprint density at radius 1 is 1.25 bits per heavy atom. The lowest BCUT2D eigenvalue weighted by Gasteiger charge is -2.06. The summed E-state index contributed by atoms with van der Waals surface area (Å²) in [6.45, 7) is 0. The smallest absolute Gasteiger partial charge is 0.228 e. The first-order chi connectivity index (χ1) is 9.58.